The van der Waals surface area contributed by atoms with E-state index in [4.69, 9.17) is 16.3 Å². The lowest BCUT2D eigenvalue weighted by Gasteiger charge is -2.24. The highest BCUT2D eigenvalue weighted by molar-refractivity contribution is 7.92. The number of anilines is 1. The third-order valence-electron chi connectivity index (χ3n) is 6.09. The number of amides is 1. The largest absolute Gasteiger partial charge is 0.488 e. The zero-order chi connectivity index (χ0) is 28.5. The van der Waals surface area contributed by atoms with Gasteiger partial charge in [-0.15, -0.1) is 0 Å². The van der Waals surface area contributed by atoms with E-state index in [-0.39, 0.29) is 10.8 Å². The first-order valence-corrected chi connectivity index (χ1v) is 14.5. The molecule has 1 amide bonds. The Morgan fingerprint density at radius 1 is 0.925 bits per heavy atom. The zero-order valence-electron chi connectivity index (χ0n) is 22.2. The molecule has 9 heteroatoms. The van der Waals surface area contributed by atoms with Crippen molar-refractivity contribution in [2.45, 2.75) is 31.3 Å². The summed E-state index contributed by atoms with van der Waals surface area (Å²) in [6.07, 6.45) is 1.46. The molecule has 0 spiro atoms. The van der Waals surface area contributed by atoms with Gasteiger partial charge >= 0.3 is 0 Å². The molecule has 0 radical (unpaired) electrons. The average molecular weight is 576 g/mol. The summed E-state index contributed by atoms with van der Waals surface area (Å²) in [5, 5.41) is 4.71. The molecule has 4 aromatic carbocycles. The molecule has 7 nitrogen and oxygen atoms in total. The van der Waals surface area contributed by atoms with Crippen LogP contribution in [0.1, 0.15) is 36.5 Å². The van der Waals surface area contributed by atoms with E-state index in [0.717, 1.165) is 15.4 Å². The molecule has 0 saturated carbocycles. The smallest absolute Gasteiger partial charge is 0.264 e. The van der Waals surface area contributed by atoms with Gasteiger partial charge in [-0.05, 0) is 65.6 Å². The summed E-state index contributed by atoms with van der Waals surface area (Å²) >= 11 is 5.95. The minimum Gasteiger partial charge on any atom is -0.488 e. The number of halogens is 1. The maximum absolute atomic E-state index is 13.5. The monoisotopic (exact) mass is 575 g/mol. The lowest BCUT2D eigenvalue weighted by molar-refractivity contribution is -0.119. The maximum atomic E-state index is 13.5. The van der Waals surface area contributed by atoms with Gasteiger partial charge in [0.05, 0.1) is 16.8 Å². The van der Waals surface area contributed by atoms with Gasteiger partial charge < -0.3 is 4.74 Å². The van der Waals surface area contributed by atoms with Crippen LogP contribution in [0.3, 0.4) is 0 Å². The van der Waals surface area contributed by atoms with Gasteiger partial charge in [-0.3, -0.25) is 9.10 Å². The minimum absolute atomic E-state index is 0.0889. The molecule has 1 N–H and O–H groups in total. The fourth-order valence-electron chi connectivity index (χ4n) is 3.86. The molecule has 0 aliphatic rings. The molecule has 4 rings (SSSR count). The molecule has 0 atom stereocenters. The van der Waals surface area contributed by atoms with Crippen LogP contribution in [0.5, 0.6) is 5.75 Å². The van der Waals surface area contributed by atoms with Crippen molar-refractivity contribution in [3.8, 4) is 5.75 Å². The molecule has 40 heavy (non-hydrogen) atoms. The average Bonchev–Trinajstić information content (AvgIpc) is 2.96. The van der Waals surface area contributed by atoms with Gasteiger partial charge in [0.2, 0.25) is 0 Å². The molecule has 0 aliphatic heterocycles. The molecule has 0 fully saturated rings. The number of hydrazone groups is 1. The molecule has 4 aromatic rings. The van der Waals surface area contributed by atoms with E-state index < -0.39 is 22.5 Å². The fraction of sp³-hybridized carbons (Fsp3) is 0.161. The summed E-state index contributed by atoms with van der Waals surface area (Å²) in [4.78, 5) is 13.0. The van der Waals surface area contributed by atoms with Gasteiger partial charge in [0.15, 0.2) is 0 Å². The Kier molecular flexibility index (Phi) is 9.58. The standard InChI is InChI=1S/C31H30ClN3O4S/c1-23(2)25-14-18-28(19-15-25)35(40(37,38)29-9-4-3-5-10-29)21-31(36)34-33-20-26-8-6-7-11-30(26)39-22-24-12-16-27(32)17-13-24/h3-20,23H,21-22H2,1-2H3,(H,34,36). The number of rotatable bonds is 11. The van der Waals surface area contributed by atoms with Crippen molar-refractivity contribution < 1.29 is 17.9 Å². The minimum atomic E-state index is -4.01. The van der Waals surface area contributed by atoms with Crippen molar-refractivity contribution >= 4 is 39.4 Å². The summed E-state index contributed by atoms with van der Waals surface area (Å²) in [6, 6.07) is 29.8. The molecule has 0 aromatic heterocycles. The number of hydrogen-bond acceptors (Lipinski definition) is 5. The number of ether oxygens (including phenoxy) is 1. The zero-order valence-corrected chi connectivity index (χ0v) is 23.8. The number of nitrogens with one attached hydrogen (secondary N) is 1. The first kappa shape index (κ1) is 28.9. The number of nitrogens with zero attached hydrogens (tertiary/aromatic N) is 2. The van der Waals surface area contributed by atoms with Gasteiger partial charge in [-0.2, -0.15) is 5.10 Å². The number of sulfonamides is 1. The van der Waals surface area contributed by atoms with Crippen molar-refractivity contribution in [2.75, 3.05) is 10.8 Å². The van der Waals surface area contributed by atoms with Gasteiger partial charge in [0.25, 0.3) is 15.9 Å². The quantitative estimate of drug-likeness (QED) is 0.166. The highest BCUT2D eigenvalue weighted by Gasteiger charge is 2.27. The molecule has 0 unspecified atom stereocenters. The van der Waals surface area contributed by atoms with Crippen LogP contribution in [0.4, 0.5) is 5.69 Å². The summed E-state index contributed by atoms with van der Waals surface area (Å²) in [6.45, 7) is 3.99. The van der Waals surface area contributed by atoms with E-state index >= 15 is 0 Å². The van der Waals surface area contributed by atoms with Gasteiger partial charge in [-0.25, -0.2) is 13.8 Å². The van der Waals surface area contributed by atoms with Crippen molar-refractivity contribution in [3.63, 3.8) is 0 Å². The lowest BCUT2D eigenvalue weighted by Crippen LogP contribution is -2.39. The second-order valence-electron chi connectivity index (χ2n) is 9.32. The topological polar surface area (TPSA) is 88.1 Å². The second-order valence-corrected chi connectivity index (χ2v) is 11.6. The lowest BCUT2D eigenvalue weighted by atomic mass is 10.0. The third kappa shape index (κ3) is 7.49. The van der Waals surface area contributed by atoms with Crippen LogP contribution in [0.25, 0.3) is 0 Å². The first-order valence-electron chi connectivity index (χ1n) is 12.7. The summed E-state index contributed by atoms with van der Waals surface area (Å²) in [5.41, 5.74) is 5.49. The SMILES string of the molecule is CC(C)c1ccc(N(CC(=O)NN=Cc2ccccc2OCc2ccc(Cl)cc2)S(=O)(=O)c2ccccc2)cc1. The van der Waals surface area contributed by atoms with Crippen molar-refractivity contribution in [2.24, 2.45) is 5.10 Å². The molecular weight excluding hydrogens is 546 g/mol. The summed E-state index contributed by atoms with van der Waals surface area (Å²) < 4.78 is 34.0. The molecule has 206 valence electrons. The van der Waals surface area contributed by atoms with Crippen molar-refractivity contribution in [1.29, 1.82) is 0 Å². The van der Waals surface area contributed by atoms with E-state index in [1.165, 1.54) is 18.3 Å². The number of para-hydroxylation sites is 1. The van der Waals surface area contributed by atoms with Crippen LogP contribution in [0.15, 0.2) is 113 Å². The predicted molar refractivity (Wildman–Crippen MR) is 159 cm³/mol. The maximum Gasteiger partial charge on any atom is 0.264 e. The van der Waals surface area contributed by atoms with E-state index in [1.807, 2.05) is 36.4 Å². The van der Waals surface area contributed by atoms with E-state index in [9.17, 15) is 13.2 Å². The first-order chi connectivity index (χ1) is 19.2. The van der Waals surface area contributed by atoms with Gasteiger partial charge in [-0.1, -0.05) is 80.0 Å². The highest BCUT2D eigenvalue weighted by atomic mass is 35.5. The second kappa shape index (κ2) is 13.3. The van der Waals surface area contributed by atoms with Crippen LogP contribution in [-0.2, 0) is 21.4 Å². The van der Waals surface area contributed by atoms with Crippen molar-refractivity contribution in [1.82, 2.24) is 5.43 Å². The number of benzene rings is 4. The van der Waals surface area contributed by atoms with Crippen LogP contribution < -0.4 is 14.5 Å². The summed E-state index contributed by atoms with van der Waals surface area (Å²) in [7, 11) is -4.01. The van der Waals surface area contributed by atoms with E-state index in [1.54, 1.807) is 54.6 Å². The van der Waals surface area contributed by atoms with Crippen LogP contribution in [0.2, 0.25) is 5.02 Å². The van der Waals surface area contributed by atoms with Crippen molar-refractivity contribution in [3.05, 3.63) is 125 Å². The molecule has 0 aliphatic carbocycles. The predicted octanol–water partition coefficient (Wildman–Crippen LogP) is 6.39. The highest BCUT2D eigenvalue weighted by Crippen LogP contribution is 2.26. The fourth-order valence-corrected chi connectivity index (χ4v) is 5.43. The Balaban J connectivity index is 1.48. The Morgan fingerprint density at radius 2 is 1.57 bits per heavy atom. The number of hydrogen-bond donors (Lipinski definition) is 1. The normalized spacial score (nSPS) is 11.5. The molecular formula is C31H30ClN3O4S. The summed E-state index contributed by atoms with van der Waals surface area (Å²) in [5.74, 6) is 0.265. The third-order valence-corrected chi connectivity index (χ3v) is 8.13. The number of carbonyl (C=O) groups is 1. The molecule has 0 saturated heterocycles. The Labute approximate surface area is 240 Å². The van der Waals surface area contributed by atoms with E-state index in [2.05, 4.69) is 24.4 Å². The Hall–Kier alpha value is -4.14. The number of carbonyl (C=O) groups excluding carboxylic acids is 1. The van der Waals surface area contributed by atoms with Crippen LogP contribution in [-0.4, -0.2) is 27.1 Å². The van der Waals surface area contributed by atoms with Gasteiger partial charge in [0.1, 0.15) is 18.9 Å². The van der Waals surface area contributed by atoms with Gasteiger partial charge in [0, 0.05) is 10.6 Å². The molecule has 0 heterocycles. The van der Waals surface area contributed by atoms with Crippen LogP contribution in [0, 0.1) is 0 Å². The van der Waals surface area contributed by atoms with Crippen LogP contribution >= 0.6 is 11.6 Å². The Morgan fingerprint density at radius 3 is 2.25 bits per heavy atom. The van der Waals surface area contributed by atoms with E-state index in [0.29, 0.717) is 28.6 Å². The Bertz CT molecular complexity index is 1560. The molecule has 0 bridgehead atoms.